The van der Waals surface area contributed by atoms with Crippen molar-refractivity contribution in [2.75, 3.05) is 13.7 Å². The first-order valence-corrected chi connectivity index (χ1v) is 9.08. The van der Waals surface area contributed by atoms with Crippen LogP contribution in [0.2, 0.25) is 0 Å². The number of fused-ring (bicyclic) bond motifs is 1. The van der Waals surface area contributed by atoms with Gasteiger partial charge in [0.15, 0.2) is 11.6 Å². The summed E-state index contributed by atoms with van der Waals surface area (Å²) in [5.74, 6) is 0.126. The van der Waals surface area contributed by atoms with Crippen molar-refractivity contribution in [3.8, 4) is 16.6 Å². The molecule has 0 saturated carbocycles. The zero-order chi connectivity index (χ0) is 18.1. The van der Waals surface area contributed by atoms with E-state index in [4.69, 9.17) is 4.74 Å². The number of pyridine rings is 1. The van der Waals surface area contributed by atoms with Crippen LogP contribution in [0.4, 0.5) is 4.39 Å². The van der Waals surface area contributed by atoms with Gasteiger partial charge in [0.25, 0.3) is 5.56 Å². The molecule has 134 valence electrons. The van der Waals surface area contributed by atoms with Gasteiger partial charge in [-0.3, -0.25) is 9.69 Å². The number of methoxy groups -OCH3 is 1. The fourth-order valence-electron chi connectivity index (χ4n) is 3.11. The summed E-state index contributed by atoms with van der Waals surface area (Å²) in [6, 6.07) is 5.29. The highest BCUT2D eigenvalue weighted by atomic mass is 32.1. The quantitative estimate of drug-likeness (QED) is 0.762. The van der Waals surface area contributed by atoms with E-state index < -0.39 is 5.82 Å². The van der Waals surface area contributed by atoms with Gasteiger partial charge in [-0.05, 0) is 23.1 Å². The van der Waals surface area contributed by atoms with Crippen molar-refractivity contribution in [1.29, 1.82) is 0 Å². The van der Waals surface area contributed by atoms with Crippen molar-refractivity contribution in [3.05, 3.63) is 62.8 Å². The van der Waals surface area contributed by atoms with Gasteiger partial charge >= 0.3 is 0 Å². The lowest BCUT2D eigenvalue weighted by Crippen LogP contribution is -2.35. The largest absolute Gasteiger partial charge is 0.479 e. The average Bonchev–Trinajstić information content (AvgIpc) is 3.17. The molecule has 4 heterocycles. The molecule has 8 heteroatoms. The minimum absolute atomic E-state index is 0.0144. The predicted molar refractivity (Wildman–Crippen MR) is 96.7 cm³/mol. The Hall–Kier alpha value is -2.58. The van der Waals surface area contributed by atoms with Gasteiger partial charge < -0.3 is 9.72 Å². The molecule has 0 unspecified atom stereocenters. The van der Waals surface area contributed by atoms with Crippen molar-refractivity contribution < 1.29 is 9.13 Å². The van der Waals surface area contributed by atoms with Crippen LogP contribution in [0.5, 0.6) is 5.88 Å². The summed E-state index contributed by atoms with van der Waals surface area (Å²) in [5.41, 5.74) is 2.15. The third-order valence-electron chi connectivity index (χ3n) is 4.37. The van der Waals surface area contributed by atoms with E-state index in [1.807, 2.05) is 17.5 Å². The van der Waals surface area contributed by atoms with E-state index in [1.165, 1.54) is 13.2 Å². The fraction of sp³-hybridized carbons (Fsp3) is 0.278. The Bertz CT molecular complexity index is 987. The van der Waals surface area contributed by atoms with Gasteiger partial charge in [0.05, 0.1) is 23.2 Å². The molecule has 26 heavy (non-hydrogen) atoms. The second kappa shape index (κ2) is 6.97. The smallest absolute Gasteiger partial charge is 0.255 e. The maximum Gasteiger partial charge on any atom is 0.255 e. The van der Waals surface area contributed by atoms with Crippen molar-refractivity contribution in [2.24, 2.45) is 0 Å². The van der Waals surface area contributed by atoms with Gasteiger partial charge in [0.1, 0.15) is 0 Å². The topological polar surface area (TPSA) is 71.1 Å². The Labute approximate surface area is 153 Å². The number of ether oxygens (including phenoxy) is 1. The molecule has 4 rings (SSSR count). The van der Waals surface area contributed by atoms with Crippen LogP contribution in [0, 0.1) is 5.82 Å². The van der Waals surface area contributed by atoms with E-state index in [1.54, 1.807) is 17.5 Å². The number of thiophene rings is 1. The van der Waals surface area contributed by atoms with Gasteiger partial charge in [-0.25, -0.2) is 14.4 Å². The monoisotopic (exact) mass is 372 g/mol. The summed E-state index contributed by atoms with van der Waals surface area (Å²) in [6.07, 6.45) is 2.28. The first kappa shape index (κ1) is 16.9. The number of aromatic amines is 1. The molecule has 1 aliphatic heterocycles. The van der Waals surface area contributed by atoms with Gasteiger partial charge in [-0.2, -0.15) is 0 Å². The summed E-state index contributed by atoms with van der Waals surface area (Å²) in [4.78, 5) is 27.0. The Balaban J connectivity index is 1.55. The summed E-state index contributed by atoms with van der Waals surface area (Å²) in [7, 11) is 1.39. The SMILES string of the molecule is COc1ncc(CN2CCc3nc(-c4cccs4)[nH]c(=O)c3C2)cc1F. The van der Waals surface area contributed by atoms with Crippen LogP contribution in [0.3, 0.4) is 0 Å². The number of hydrogen-bond donors (Lipinski definition) is 1. The molecule has 0 fully saturated rings. The van der Waals surface area contributed by atoms with E-state index in [2.05, 4.69) is 19.9 Å². The lowest BCUT2D eigenvalue weighted by molar-refractivity contribution is 0.241. The third-order valence-corrected chi connectivity index (χ3v) is 5.24. The summed E-state index contributed by atoms with van der Waals surface area (Å²) in [5, 5.41) is 1.96. The molecule has 0 amide bonds. The number of nitrogens with zero attached hydrogens (tertiary/aromatic N) is 3. The Kier molecular flexibility index (Phi) is 4.52. The maximum atomic E-state index is 13.8. The Morgan fingerprint density at radius 2 is 2.35 bits per heavy atom. The molecular weight excluding hydrogens is 355 g/mol. The van der Waals surface area contributed by atoms with E-state index in [-0.39, 0.29) is 11.4 Å². The first-order chi connectivity index (χ1) is 12.6. The molecule has 1 aliphatic rings. The number of rotatable bonds is 4. The number of H-pyrrole nitrogens is 1. The van der Waals surface area contributed by atoms with E-state index in [0.29, 0.717) is 30.9 Å². The molecule has 0 aromatic carbocycles. The first-order valence-electron chi connectivity index (χ1n) is 8.21. The van der Waals surface area contributed by atoms with E-state index in [9.17, 15) is 9.18 Å². The summed E-state index contributed by atoms with van der Waals surface area (Å²) in [6.45, 7) is 1.75. The molecule has 6 nitrogen and oxygen atoms in total. The number of halogens is 1. The van der Waals surface area contributed by atoms with Crippen molar-refractivity contribution in [2.45, 2.75) is 19.5 Å². The zero-order valence-corrected chi connectivity index (χ0v) is 15.0. The lowest BCUT2D eigenvalue weighted by atomic mass is 10.1. The highest BCUT2D eigenvalue weighted by molar-refractivity contribution is 7.13. The average molecular weight is 372 g/mol. The number of aromatic nitrogens is 3. The van der Waals surface area contributed by atoms with Crippen LogP contribution in [0.1, 0.15) is 16.8 Å². The molecule has 0 radical (unpaired) electrons. The Morgan fingerprint density at radius 3 is 3.08 bits per heavy atom. The summed E-state index contributed by atoms with van der Waals surface area (Å²) >= 11 is 1.55. The third kappa shape index (κ3) is 3.25. The molecule has 0 saturated heterocycles. The second-order valence-electron chi connectivity index (χ2n) is 6.11. The predicted octanol–water partition coefficient (Wildman–Crippen LogP) is 2.60. The molecule has 1 N–H and O–H groups in total. The molecule has 0 aliphatic carbocycles. The minimum Gasteiger partial charge on any atom is -0.479 e. The standard InChI is InChI=1S/C18H17FN4O2S/c1-25-18-13(19)7-11(8-20-18)9-23-5-4-14-12(10-23)17(24)22-16(21-14)15-3-2-6-26-15/h2-3,6-8H,4-5,9-10H2,1H3,(H,21,22,24). The lowest BCUT2D eigenvalue weighted by Gasteiger charge is -2.27. The van der Waals surface area contributed by atoms with Crippen LogP contribution in [0.25, 0.3) is 10.7 Å². The van der Waals surface area contributed by atoms with Crippen LogP contribution in [-0.4, -0.2) is 33.5 Å². The van der Waals surface area contributed by atoms with E-state index >= 15 is 0 Å². The summed E-state index contributed by atoms with van der Waals surface area (Å²) < 4.78 is 18.7. The number of hydrogen-bond acceptors (Lipinski definition) is 6. The highest BCUT2D eigenvalue weighted by Gasteiger charge is 2.22. The van der Waals surface area contributed by atoms with Gasteiger partial charge in [0, 0.05) is 32.3 Å². The molecule has 0 bridgehead atoms. The molecule has 0 spiro atoms. The molecule has 0 atom stereocenters. The molecule has 3 aromatic heterocycles. The van der Waals surface area contributed by atoms with Crippen LogP contribution >= 0.6 is 11.3 Å². The molecule has 3 aromatic rings. The Morgan fingerprint density at radius 1 is 1.46 bits per heavy atom. The van der Waals surface area contributed by atoms with Crippen molar-refractivity contribution in [1.82, 2.24) is 19.9 Å². The highest BCUT2D eigenvalue weighted by Crippen LogP contribution is 2.23. The second-order valence-corrected chi connectivity index (χ2v) is 7.06. The van der Waals surface area contributed by atoms with Crippen LogP contribution in [0.15, 0.2) is 34.6 Å². The van der Waals surface area contributed by atoms with Gasteiger partial charge in [-0.1, -0.05) is 6.07 Å². The number of nitrogens with one attached hydrogen (secondary N) is 1. The normalized spacial score (nSPS) is 14.2. The molecular formula is C18H17FN4O2S. The maximum absolute atomic E-state index is 13.8. The van der Waals surface area contributed by atoms with Crippen molar-refractivity contribution >= 4 is 11.3 Å². The van der Waals surface area contributed by atoms with Crippen LogP contribution < -0.4 is 10.3 Å². The minimum atomic E-state index is -0.484. The van der Waals surface area contributed by atoms with Gasteiger partial charge in [-0.15, -0.1) is 11.3 Å². The zero-order valence-electron chi connectivity index (χ0n) is 14.2. The fourth-order valence-corrected chi connectivity index (χ4v) is 3.77. The van der Waals surface area contributed by atoms with Crippen LogP contribution in [-0.2, 0) is 19.5 Å². The van der Waals surface area contributed by atoms with Crippen molar-refractivity contribution in [3.63, 3.8) is 0 Å². The van der Waals surface area contributed by atoms with E-state index in [0.717, 1.165) is 22.7 Å². The van der Waals surface area contributed by atoms with Gasteiger partial charge in [0.2, 0.25) is 5.88 Å².